The summed E-state index contributed by atoms with van der Waals surface area (Å²) in [5.41, 5.74) is 0. The van der Waals surface area contributed by atoms with Crippen molar-refractivity contribution in [2.45, 2.75) is 26.2 Å². The predicted octanol–water partition coefficient (Wildman–Crippen LogP) is 0.827. The SMILES string of the molecule is CCCCCS(=O)(=O)CCNCCOC. The van der Waals surface area contributed by atoms with Gasteiger partial charge in [0.15, 0.2) is 9.84 Å². The summed E-state index contributed by atoms with van der Waals surface area (Å²) in [7, 11) is -1.22. The van der Waals surface area contributed by atoms with Gasteiger partial charge in [0.05, 0.1) is 18.1 Å². The van der Waals surface area contributed by atoms with Crippen molar-refractivity contribution in [2.24, 2.45) is 0 Å². The highest BCUT2D eigenvalue weighted by atomic mass is 32.2. The van der Waals surface area contributed by atoms with Crippen LogP contribution in [0.25, 0.3) is 0 Å². The van der Waals surface area contributed by atoms with Gasteiger partial charge in [0.1, 0.15) is 0 Å². The number of nitrogens with one attached hydrogen (secondary N) is 1. The molecule has 0 heterocycles. The Hall–Kier alpha value is -0.130. The van der Waals surface area contributed by atoms with Crippen molar-refractivity contribution in [1.82, 2.24) is 5.32 Å². The fraction of sp³-hybridized carbons (Fsp3) is 1.00. The maximum absolute atomic E-state index is 11.5. The number of ether oxygens (including phenoxy) is 1. The largest absolute Gasteiger partial charge is 0.383 e. The zero-order valence-electron chi connectivity index (χ0n) is 9.79. The van der Waals surface area contributed by atoms with Gasteiger partial charge in [-0.3, -0.25) is 0 Å². The third-order valence-electron chi connectivity index (χ3n) is 2.13. The Kier molecular flexibility index (Phi) is 9.04. The standard InChI is InChI=1S/C10H23NO3S/c1-3-4-5-9-15(12,13)10-7-11-6-8-14-2/h11H,3-10H2,1-2H3. The molecule has 0 rings (SSSR count). The molecular formula is C10H23NO3S. The minimum atomic E-state index is -2.84. The Labute approximate surface area is 93.3 Å². The molecule has 0 atom stereocenters. The molecule has 0 fully saturated rings. The molecule has 0 amide bonds. The summed E-state index contributed by atoms with van der Waals surface area (Å²) >= 11 is 0. The van der Waals surface area contributed by atoms with Crippen molar-refractivity contribution in [3.05, 3.63) is 0 Å². The smallest absolute Gasteiger partial charge is 0.151 e. The van der Waals surface area contributed by atoms with Crippen molar-refractivity contribution in [3.63, 3.8) is 0 Å². The average molecular weight is 237 g/mol. The molecule has 0 saturated carbocycles. The Bertz CT molecular complexity index is 227. The van der Waals surface area contributed by atoms with E-state index in [1.165, 1.54) is 0 Å². The van der Waals surface area contributed by atoms with Gasteiger partial charge in [-0.1, -0.05) is 19.8 Å². The normalized spacial score (nSPS) is 11.9. The first-order chi connectivity index (χ1) is 7.12. The number of hydrogen-bond donors (Lipinski definition) is 1. The van der Waals surface area contributed by atoms with Crippen LogP contribution in [0.3, 0.4) is 0 Å². The summed E-state index contributed by atoms with van der Waals surface area (Å²) in [6.07, 6.45) is 2.84. The molecule has 0 spiro atoms. The molecule has 0 aromatic heterocycles. The van der Waals surface area contributed by atoms with Gasteiger partial charge in [0.2, 0.25) is 0 Å². The minimum Gasteiger partial charge on any atom is -0.383 e. The van der Waals surface area contributed by atoms with Crippen molar-refractivity contribution < 1.29 is 13.2 Å². The maximum Gasteiger partial charge on any atom is 0.151 e. The Morgan fingerprint density at radius 1 is 1.13 bits per heavy atom. The zero-order valence-corrected chi connectivity index (χ0v) is 10.6. The second-order valence-electron chi connectivity index (χ2n) is 3.60. The number of unbranched alkanes of at least 4 members (excludes halogenated alkanes) is 2. The van der Waals surface area contributed by atoms with Crippen LogP contribution in [0.2, 0.25) is 0 Å². The summed E-state index contributed by atoms with van der Waals surface area (Å²) in [6.45, 7) is 3.92. The summed E-state index contributed by atoms with van der Waals surface area (Å²) in [5.74, 6) is 0.563. The summed E-state index contributed by atoms with van der Waals surface area (Å²) in [4.78, 5) is 0. The molecular weight excluding hydrogens is 214 g/mol. The van der Waals surface area contributed by atoms with E-state index >= 15 is 0 Å². The molecule has 0 radical (unpaired) electrons. The highest BCUT2D eigenvalue weighted by Gasteiger charge is 2.08. The van der Waals surface area contributed by atoms with Gasteiger partial charge in [-0.2, -0.15) is 0 Å². The first-order valence-corrected chi connectivity index (χ1v) is 7.34. The van der Waals surface area contributed by atoms with Crippen molar-refractivity contribution in [1.29, 1.82) is 0 Å². The zero-order chi connectivity index (χ0) is 11.6. The van der Waals surface area contributed by atoms with Gasteiger partial charge in [0, 0.05) is 20.2 Å². The molecule has 1 N–H and O–H groups in total. The molecule has 92 valence electrons. The van der Waals surface area contributed by atoms with Gasteiger partial charge < -0.3 is 10.1 Å². The Morgan fingerprint density at radius 2 is 1.87 bits per heavy atom. The molecule has 0 aliphatic carbocycles. The van der Waals surface area contributed by atoms with Gasteiger partial charge >= 0.3 is 0 Å². The highest BCUT2D eigenvalue weighted by molar-refractivity contribution is 7.91. The monoisotopic (exact) mass is 237 g/mol. The molecule has 0 aliphatic heterocycles. The van der Waals surface area contributed by atoms with Crippen LogP contribution in [0.1, 0.15) is 26.2 Å². The molecule has 4 nitrogen and oxygen atoms in total. The number of sulfone groups is 1. The van der Waals surface area contributed by atoms with E-state index in [4.69, 9.17) is 4.74 Å². The molecule has 0 aromatic rings. The average Bonchev–Trinajstić information content (AvgIpc) is 2.17. The lowest BCUT2D eigenvalue weighted by Gasteiger charge is -2.05. The van der Waals surface area contributed by atoms with E-state index in [1.54, 1.807) is 7.11 Å². The quantitative estimate of drug-likeness (QED) is 0.572. The Balaban J connectivity index is 3.47. The molecule has 0 aliphatic rings. The van der Waals surface area contributed by atoms with Crippen LogP contribution in [0.5, 0.6) is 0 Å². The van der Waals surface area contributed by atoms with Crippen LogP contribution in [0.4, 0.5) is 0 Å². The van der Waals surface area contributed by atoms with Crippen molar-refractivity contribution in [3.8, 4) is 0 Å². The number of hydrogen-bond acceptors (Lipinski definition) is 4. The van der Waals surface area contributed by atoms with E-state index in [0.29, 0.717) is 25.4 Å². The van der Waals surface area contributed by atoms with Crippen LogP contribution >= 0.6 is 0 Å². The maximum atomic E-state index is 11.5. The summed E-state index contributed by atoms with van der Waals surface area (Å²) in [6, 6.07) is 0. The lowest BCUT2D eigenvalue weighted by molar-refractivity contribution is 0.200. The lowest BCUT2D eigenvalue weighted by atomic mass is 10.3. The fourth-order valence-corrected chi connectivity index (χ4v) is 2.50. The molecule has 5 heteroatoms. The first kappa shape index (κ1) is 14.9. The van der Waals surface area contributed by atoms with E-state index in [1.807, 2.05) is 0 Å². The summed E-state index contributed by atoms with van der Waals surface area (Å²) in [5, 5.41) is 3.03. The minimum absolute atomic E-state index is 0.237. The molecule has 0 saturated heterocycles. The number of methoxy groups -OCH3 is 1. The topological polar surface area (TPSA) is 55.4 Å². The van der Waals surface area contributed by atoms with Gasteiger partial charge in [0.25, 0.3) is 0 Å². The van der Waals surface area contributed by atoms with E-state index < -0.39 is 9.84 Å². The van der Waals surface area contributed by atoms with Crippen LogP contribution in [-0.2, 0) is 14.6 Å². The van der Waals surface area contributed by atoms with Gasteiger partial charge in [-0.05, 0) is 6.42 Å². The van der Waals surface area contributed by atoms with Crippen LogP contribution in [0.15, 0.2) is 0 Å². The molecule has 0 unspecified atom stereocenters. The number of rotatable bonds is 10. The van der Waals surface area contributed by atoms with Crippen molar-refractivity contribution in [2.75, 3.05) is 38.3 Å². The molecule has 0 bridgehead atoms. The van der Waals surface area contributed by atoms with Crippen molar-refractivity contribution >= 4 is 9.84 Å². The fourth-order valence-electron chi connectivity index (χ4n) is 1.20. The van der Waals surface area contributed by atoms with Gasteiger partial charge in [-0.15, -0.1) is 0 Å². The third kappa shape index (κ3) is 10.2. The van der Waals surface area contributed by atoms with Crippen LogP contribution in [-0.4, -0.2) is 46.7 Å². The van der Waals surface area contributed by atoms with Crippen LogP contribution < -0.4 is 5.32 Å². The highest BCUT2D eigenvalue weighted by Crippen LogP contribution is 1.99. The second-order valence-corrected chi connectivity index (χ2v) is 5.91. The van der Waals surface area contributed by atoms with E-state index in [0.717, 1.165) is 19.3 Å². The van der Waals surface area contributed by atoms with E-state index in [-0.39, 0.29) is 5.75 Å². The molecule has 0 aromatic carbocycles. The predicted molar refractivity (Wildman–Crippen MR) is 62.9 cm³/mol. The van der Waals surface area contributed by atoms with E-state index in [9.17, 15) is 8.42 Å². The van der Waals surface area contributed by atoms with Gasteiger partial charge in [-0.25, -0.2) is 8.42 Å². The van der Waals surface area contributed by atoms with E-state index in [2.05, 4.69) is 12.2 Å². The van der Waals surface area contributed by atoms with Crippen LogP contribution in [0, 0.1) is 0 Å². The first-order valence-electron chi connectivity index (χ1n) is 5.52. The summed E-state index contributed by atoms with van der Waals surface area (Å²) < 4.78 is 27.8. The Morgan fingerprint density at radius 3 is 2.47 bits per heavy atom. The third-order valence-corrected chi connectivity index (χ3v) is 3.87. The lowest BCUT2D eigenvalue weighted by Crippen LogP contribution is -2.27. The second kappa shape index (κ2) is 9.12. The molecule has 15 heavy (non-hydrogen) atoms.